The summed E-state index contributed by atoms with van der Waals surface area (Å²) in [7, 11) is 0. The van der Waals surface area contributed by atoms with Crippen LogP contribution in [0.15, 0.2) is 54.6 Å². The quantitative estimate of drug-likeness (QED) is 0.542. The Morgan fingerprint density at radius 1 is 0.939 bits per heavy atom. The fourth-order valence-corrected chi connectivity index (χ4v) is 4.32. The van der Waals surface area contributed by atoms with Gasteiger partial charge in [-0.1, -0.05) is 67.9 Å². The van der Waals surface area contributed by atoms with Crippen LogP contribution >= 0.6 is 11.6 Å². The van der Waals surface area contributed by atoms with E-state index < -0.39 is 0 Å². The Balaban J connectivity index is 1.62. The highest BCUT2D eigenvalue weighted by Crippen LogP contribution is 2.28. The van der Waals surface area contributed by atoms with Crippen molar-refractivity contribution < 1.29 is 5.11 Å². The first kappa shape index (κ1) is 23.7. The van der Waals surface area contributed by atoms with Gasteiger partial charge in [0.2, 0.25) is 0 Å². The minimum atomic E-state index is -0.289. The molecule has 0 aliphatic carbocycles. The van der Waals surface area contributed by atoms with E-state index in [1.165, 1.54) is 5.56 Å². The molecule has 1 aliphatic rings. The smallest absolute Gasteiger partial charge is 0.161 e. The summed E-state index contributed by atoms with van der Waals surface area (Å²) in [5.74, 6) is 2.05. The highest BCUT2D eigenvalue weighted by Gasteiger charge is 2.24. The molecule has 2 aromatic carbocycles. The van der Waals surface area contributed by atoms with Crippen LogP contribution in [-0.4, -0.2) is 58.8 Å². The van der Waals surface area contributed by atoms with E-state index >= 15 is 0 Å². The van der Waals surface area contributed by atoms with Crippen LogP contribution < -0.4 is 4.90 Å². The van der Waals surface area contributed by atoms with Gasteiger partial charge in [-0.3, -0.25) is 4.90 Å². The van der Waals surface area contributed by atoms with Crippen molar-refractivity contribution in [1.29, 1.82) is 0 Å². The van der Waals surface area contributed by atoms with Gasteiger partial charge < -0.3 is 10.0 Å². The Kier molecular flexibility index (Phi) is 7.63. The van der Waals surface area contributed by atoms with Crippen molar-refractivity contribution in [3.8, 4) is 11.4 Å². The summed E-state index contributed by atoms with van der Waals surface area (Å²) in [6.07, 6.45) is 0.475. The van der Waals surface area contributed by atoms with Crippen molar-refractivity contribution in [3.63, 3.8) is 0 Å². The van der Waals surface area contributed by atoms with Gasteiger partial charge in [0.15, 0.2) is 5.82 Å². The molecule has 5 nitrogen and oxygen atoms in total. The van der Waals surface area contributed by atoms with Gasteiger partial charge >= 0.3 is 0 Å². The van der Waals surface area contributed by atoms with E-state index in [2.05, 4.69) is 54.8 Å². The van der Waals surface area contributed by atoms with Gasteiger partial charge in [0.1, 0.15) is 5.82 Å². The Hall–Kier alpha value is -2.47. The first-order valence-corrected chi connectivity index (χ1v) is 12.1. The topological polar surface area (TPSA) is 52.5 Å². The van der Waals surface area contributed by atoms with Crippen molar-refractivity contribution >= 4 is 17.4 Å². The van der Waals surface area contributed by atoms with Crippen LogP contribution in [0.3, 0.4) is 0 Å². The lowest BCUT2D eigenvalue weighted by Gasteiger charge is -2.37. The third kappa shape index (κ3) is 5.91. The first-order valence-electron chi connectivity index (χ1n) is 11.7. The third-order valence-electron chi connectivity index (χ3n) is 6.40. The average molecular weight is 465 g/mol. The van der Waals surface area contributed by atoms with Crippen LogP contribution in [0.1, 0.15) is 30.7 Å². The molecule has 1 aromatic heterocycles. The van der Waals surface area contributed by atoms with Gasteiger partial charge in [-0.25, -0.2) is 9.97 Å². The van der Waals surface area contributed by atoms with Crippen molar-refractivity contribution in [3.05, 3.63) is 76.4 Å². The number of aryl methyl sites for hydroxylation is 1. The molecule has 0 radical (unpaired) electrons. The number of benzene rings is 2. The summed E-state index contributed by atoms with van der Waals surface area (Å²) in [5.41, 5.74) is 4.39. The number of piperazine rings is 1. The molecular weight excluding hydrogens is 432 g/mol. The number of nitrogens with zero attached hydrogens (tertiary/aromatic N) is 4. The molecule has 0 unspecified atom stereocenters. The molecule has 3 aromatic rings. The molecule has 0 spiro atoms. The third-order valence-corrected chi connectivity index (χ3v) is 6.66. The number of hydrogen-bond donors (Lipinski definition) is 1. The summed E-state index contributed by atoms with van der Waals surface area (Å²) >= 11 is 6.10. The van der Waals surface area contributed by atoms with Crippen LogP contribution in [0.4, 0.5) is 5.82 Å². The Morgan fingerprint density at radius 3 is 2.24 bits per heavy atom. The summed E-state index contributed by atoms with van der Waals surface area (Å²) < 4.78 is 0. The zero-order chi connectivity index (χ0) is 23.4. The minimum absolute atomic E-state index is 0.270. The normalized spacial score (nSPS) is 15.8. The van der Waals surface area contributed by atoms with E-state index in [1.807, 2.05) is 30.3 Å². The fraction of sp³-hybridized carbons (Fsp3) is 0.407. The zero-order valence-corrected chi connectivity index (χ0v) is 20.5. The monoisotopic (exact) mass is 464 g/mol. The maximum absolute atomic E-state index is 10.3. The van der Waals surface area contributed by atoms with Gasteiger partial charge in [0.25, 0.3) is 0 Å². The lowest BCUT2D eigenvalue weighted by Crippen LogP contribution is -2.49. The van der Waals surface area contributed by atoms with E-state index in [-0.39, 0.29) is 12.0 Å². The van der Waals surface area contributed by atoms with E-state index in [9.17, 15) is 5.11 Å². The fourth-order valence-electron chi connectivity index (χ4n) is 4.19. The number of aliphatic hydroxyl groups is 1. The first-order chi connectivity index (χ1) is 15.9. The largest absolute Gasteiger partial charge is 0.392 e. The van der Waals surface area contributed by atoms with E-state index in [0.717, 1.165) is 72.6 Å². The Morgan fingerprint density at radius 2 is 1.61 bits per heavy atom. The molecule has 0 saturated carbocycles. The van der Waals surface area contributed by atoms with Crippen molar-refractivity contribution in [2.75, 3.05) is 37.6 Å². The SMILES string of the molecule is Cc1nc(-c2ccccc2)nc(N2CCN(C[C@H](O)C(C)C)CC2)c1Cc1ccc(Cl)cc1. The van der Waals surface area contributed by atoms with E-state index in [0.29, 0.717) is 0 Å². The van der Waals surface area contributed by atoms with Gasteiger partial charge in [-0.2, -0.15) is 0 Å². The summed E-state index contributed by atoms with van der Waals surface area (Å²) in [6, 6.07) is 18.2. The number of halogens is 1. The van der Waals surface area contributed by atoms with E-state index in [4.69, 9.17) is 21.6 Å². The van der Waals surface area contributed by atoms with Gasteiger partial charge in [0, 0.05) is 61.0 Å². The van der Waals surface area contributed by atoms with Crippen LogP contribution in [0.5, 0.6) is 0 Å². The minimum Gasteiger partial charge on any atom is -0.392 e. The number of hydrogen-bond acceptors (Lipinski definition) is 5. The van der Waals surface area contributed by atoms with Crippen LogP contribution in [-0.2, 0) is 6.42 Å². The average Bonchev–Trinajstić information content (AvgIpc) is 2.82. The van der Waals surface area contributed by atoms with E-state index in [1.54, 1.807) is 0 Å². The van der Waals surface area contributed by atoms with Gasteiger partial charge in [-0.05, 0) is 30.5 Å². The number of aliphatic hydroxyl groups excluding tert-OH is 1. The van der Waals surface area contributed by atoms with Crippen LogP contribution in [0.2, 0.25) is 5.02 Å². The molecule has 174 valence electrons. The number of rotatable bonds is 7. The highest BCUT2D eigenvalue weighted by molar-refractivity contribution is 6.30. The molecular formula is C27H33ClN4O. The predicted octanol–water partition coefficient (Wildman–Crippen LogP) is 4.84. The van der Waals surface area contributed by atoms with Crippen LogP contribution in [0, 0.1) is 12.8 Å². The van der Waals surface area contributed by atoms with Gasteiger partial charge in [-0.15, -0.1) is 0 Å². The number of aromatic nitrogens is 2. The molecule has 2 heterocycles. The number of anilines is 1. The zero-order valence-electron chi connectivity index (χ0n) is 19.7. The maximum Gasteiger partial charge on any atom is 0.161 e. The molecule has 1 atom stereocenters. The molecule has 33 heavy (non-hydrogen) atoms. The molecule has 1 saturated heterocycles. The highest BCUT2D eigenvalue weighted by atomic mass is 35.5. The summed E-state index contributed by atoms with van der Waals surface area (Å²) in [4.78, 5) is 14.7. The van der Waals surface area contributed by atoms with Crippen molar-refractivity contribution in [1.82, 2.24) is 14.9 Å². The number of β-amino-alcohol motifs (C(OH)–C–C–N with tert-alkyl or cyclic N) is 1. The Bertz CT molecular complexity index is 1050. The molecule has 1 N–H and O–H groups in total. The second-order valence-electron chi connectivity index (χ2n) is 9.20. The second kappa shape index (κ2) is 10.6. The molecule has 1 aliphatic heterocycles. The molecule has 6 heteroatoms. The maximum atomic E-state index is 10.3. The summed E-state index contributed by atoms with van der Waals surface area (Å²) in [6.45, 7) is 10.5. The lowest BCUT2D eigenvalue weighted by atomic mass is 10.0. The molecule has 0 bridgehead atoms. The summed E-state index contributed by atoms with van der Waals surface area (Å²) in [5, 5.41) is 11.0. The van der Waals surface area contributed by atoms with Gasteiger partial charge in [0.05, 0.1) is 6.10 Å². The standard InChI is InChI=1S/C27H33ClN4O/c1-19(2)25(33)18-31-13-15-32(16-14-31)27-24(17-21-9-11-23(28)12-10-21)20(3)29-26(30-27)22-7-5-4-6-8-22/h4-12,19,25,33H,13-18H2,1-3H3/t25-/m0/s1. The van der Waals surface area contributed by atoms with Crippen LogP contribution in [0.25, 0.3) is 11.4 Å². The van der Waals surface area contributed by atoms with Crippen molar-refractivity contribution in [2.24, 2.45) is 5.92 Å². The molecule has 0 amide bonds. The molecule has 4 rings (SSSR count). The predicted molar refractivity (Wildman–Crippen MR) is 136 cm³/mol. The lowest BCUT2D eigenvalue weighted by molar-refractivity contribution is 0.0738. The van der Waals surface area contributed by atoms with Crippen molar-refractivity contribution in [2.45, 2.75) is 33.3 Å². The second-order valence-corrected chi connectivity index (χ2v) is 9.64. The Labute approximate surface area is 202 Å². The molecule has 1 fully saturated rings.